The standard InChI is InChI=1S/C23H26N4OS2/c1-5-26(6-2)11-12-27(22(28)21-24-17-9-7-8-10-18(17)29-21)23-25-20-16(4)13-15(3)14-19(20)30-23/h7-10,13-14H,5-6,11-12H2,1-4H3. The Hall–Kier alpha value is -2.35. The summed E-state index contributed by atoms with van der Waals surface area (Å²) >= 11 is 3.03. The van der Waals surface area contributed by atoms with Crippen LogP contribution in [0.1, 0.15) is 34.8 Å². The van der Waals surface area contributed by atoms with Gasteiger partial charge in [-0.2, -0.15) is 0 Å². The number of carbonyl (C=O) groups excluding carboxylic acids is 1. The second-order valence-corrected chi connectivity index (χ2v) is 9.44. The second kappa shape index (κ2) is 8.79. The third-order valence-electron chi connectivity index (χ3n) is 5.31. The van der Waals surface area contributed by atoms with Gasteiger partial charge in [-0.3, -0.25) is 9.69 Å². The lowest BCUT2D eigenvalue weighted by Gasteiger charge is -2.24. The number of hydrogen-bond acceptors (Lipinski definition) is 6. The van der Waals surface area contributed by atoms with Gasteiger partial charge in [0.2, 0.25) is 0 Å². The molecule has 30 heavy (non-hydrogen) atoms. The number of para-hydroxylation sites is 1. The zero-order valence-corrected chi connectivity index (χ0v) is 19.4. The molecule has 2 aromatic heterocycles. The molecule has 2 heterocycles. The summed E-state index contributed by atoms with van der Waals surface area (Å²) in [5.74, 6) is -0.0724. The van der Waals surface area contributed by atoms with Crippen LogP contribution in [-0.4, -0.2) is 47.0 Å². The van der Waals surface area contributed by atoms with Crippen molar-refractivity contribution in [1.29, 1.82) is 0 Å². The van der Waals surface area contributed by atoms with Crippen LogP contribution < -0.4 is 4.90 Å². The van der Waals surface area contributed by atoms with Crippen molar-refractivity contribution in [3.63, 3.8) is 0 Å². The number of nitrogens with zero attached hydrogens (tertiary/aromatic N) is 4. The molecule has 0 fully saturated rings. The fourth-order valence-corrected chi connectivity index (χ4v) is 5.70. The maximum Gasteiger partial charge on any atom is 0.289 e. The Kier molecular flexibility index (Phi) is 6.13. The molecule has 0 radical (unpaired) electrons. The number of likely N-dealkylation sites (N-methyl/N-ethyl adjacent to an activating group) is 1. The Labute approximate surface area is 185 Å². The van der Waals surface area contributed by atoms with Crippen molar-refractivity contribution < 1.29 is 4.79 Å². The van der Waals surface area contributed by atoms with Crippen LogP contribution in [0.15, 0.2) is 36.4 Å². The molecule has 7 heteroatoms. The van der Waals surface area contributed by atoms with Crippen molar-refractivity contribution in [2.45, 2.75) is 27.7 Å². The molecule has 4 rings (SSSR count). The fourth-order valence-electron chi connectivity index (χ4n) is 3.62. The number of carbonyl (C=O) groups is 1. The average Bonchev–Trinajstić information content (AvgIpc) is 3.35. The van der Waals surface area contributed by atoms with Crippen LogP contribution in [0.5, 0.6) is 0 Å². The Morgan fingerprint density at radius 2 is 1.73 bits per heavy atom. The van der Waals surface area contributed by atoms with Crippen LogP contribution >= 0.6 is 22.7 Å². The maximum atomic E-state index is 13.6. The predicted octanol–water partition coefficient (Wildman–Crippen LogP) is 5.51. The highest BCUT2D eigenvalue weighted by atomic mass is 32.1. The number of thiazole rings is 2. The van der Waals surface area contributed by atoms with Crippen LogP contribution in [0.3, 0.4) is 0 Å². The zero-order valence-electron chi connectivity index (χ0n) is 17.8. The first kappa shape index (κ1) is 20.9. The lowest BCUT2D eigenvalue weighted by molar-refractivity contribution is 0.0983. The van der Waals surface area contributed by atoms with Gasteiger partial charge in [-0.15, -0.1) is 11.3 Å². The van der Waals surface area contributed by atoms with E-state index in [1.165, 1.54) is 16.9 Å². The summed E-state index contributed by atoms with van der Waals surface area (Å²) in [6.07, 6.45) is 0. The van der Waals surface area contributed by atoms with Crippen LogP contribution in [0.2, 0.25) is 0 Å². The van der Waals surface area contributed by atoms with E-state index >= 15 is 0 Å². The lowest BCUT2D eigenvalue weighted by Crippen LogP contribution is -2.38. The monoisotopic (exact) mass is 438 g/mol. The van der Waals surface area contributed by atoms with Gasteiger partial charge in [0.25, 0.3) is 5.91 Å². The average molecular weight is 439 g/mol. The number of anilines is 1. The van der Waals surface area contributed by atoms with Gasteiger partial charge in [0.05, 0.1) is 20.4 Å². The van der Waals surface area contributed by atoms with E-state index in [2.05, 4.69) is 49.7 Å². The Balaban J connectivity index is 1.73. The molecular formula is C23H26N4OS2. The molecule has 2 aromatic carbocycles. The van der Waals surface area contributed by atoms with Crippen molar-refractivity contribution in [3.8, 4) is 0 Å². The first-order valence-corrected chi connectivity index (χ1v) is 11.9. The number of amides is 1. The molecule has 0 saturated carbocycles. The highest BCUT2D eigenvalue weighted by molar-refractivity contribution is 7.23. The molecule has 1 amide bonds. The molecule has 4 aromatic rings. The summed E-state index contributed by atoms with van der Waals surface area (Å²) in [4.78, 5) is 27.2. The number of aromatic nitrogens is 2. The van der Waals surface area contributed by atoms with E-state index in [4.69, 9.17) is 4.98 Å². The van der Waals surface area contributed by atoms with Gasteiger partial charge in [-0.25, -0.2) is 9.97 Å². The van der Waals surface area contributed by atoms with Gasteiger partial charge < -0.3 is 4.90 Å². The lowest BCUT2D eigenvalue weighted by atomic mass is 10.1. The molecule has 5 nitrogen and oxygen atoms in total. The van der Waals surface area contributed by atoms with Crippen LogP contribution in [0.25, 0.3) is 20.4 Å². The number of benzene rings is 2. The molecule has 0 aliphatic carbocycles. The van der Waals surface area contributed by atoms with Crippen molar-refractivity contribution >= 4 is 54.1 Å². The van der Waals surface area contributed by atoms with Crippen LogP contribution in [0.4, 0.5) is 5.13 Å². The molecule has 0 aliphatic heterocycles. The first-order chi connectivity index (χ1) is 14.5. The van der Waals surface area contributed by atoms with Crippen molar-refractivity contribution in [3.05, 3.63) is 52.5 Å². The SMILES string of the molecule is CCN(CC)CCN(C(=O)c1nc2ccccc2s1)c1nc2c(C)cc(C)cc2s1. The van der Waals surface area contributed by atoms with Crippen molar-refractivity contribution in [2.24, 2.45) is 0 Å². The highest BCUT2D eigenvalue weighted by Crippen LogP contribution is 2.33. The number of hydrogen-bond donors (Lipinski definition) is 0. The molecule has 0 unspecified atom stereocenters. The van der Waals surface area contributed by atoms with Gasteiger partial charge in [-0.05, 0) is 56.3 Å². The summed E-state index contributed by atoms with van der Waals surface area (Å²) in [5.41, 5.74) is 4.20. The second-order valence-electron chi connectivity index (χ2n) is 7.40. The van der Waals surface area contributed by atoms with Gasteiger partial charge in [0.1, 0.15) is 0 Å². The van der Waals surface area contributed by atoms with E-state index in [-0.39, 0.29) is 5.91 Å². The quantitative estimate of drug-likeness (QED) is 0.382. The Morgan fingerprint density at radius 1 is 0.967 bits per heavy atom. The van der Waals surface area contributed by atoms with E-state index in [1.807, 2.05) is 29.2 Å². The largest absolute Gasteiger partial charge is 0.302 e. The molecule has 0 bridgehead atoms. The molecule has 0 saturated heterocycles. The minimum atomic E-state index is -0.0724. The van der Waals surface area contributed by atoms with Crippen molar-refractivity contribution in [2.75, 3.05) is 31.1 Å². The summed E-state index contributed by atoms with van der Waals surface area (Å²) < 4.78 is 2.15. The van der Waals surface area contributed by atoms with Gasteiger partial charge >= 0.3 is 0 Å². The number of rotatable bonds is 7. The predicted molar refractivity (Wildman–Crippen MR) is 128 cm³/mol. The van der Waals surface area contributed by atoms with Gasteiger partial charge in [-0.1, -0.05) is 43.4 Å². The van der Waals surface area contributed by atoms with E-state index in [0.717, 1.165) is 50.8 Å². The molecule has 0 N–H and O–H groups in total. The third-order valence-corrected chi connectivity index (χ3v) is 7.36. The molecule has 0 aliphatic rings. The van der Waals surface area contributed by atoms with E-state index in [0.29, 0.717) is 11.6 Å². The summed E-state index contributed by atoms with van der Waals surface area (Å²) in [5, 5.41) is 1.26. The van der Waals surface area contributed by atoms with Crippen molar-refractivity contribution in [1.82, 2.24) is 14.9 Å². The topological polar surface area (TPSA) is 49.3 Å². The Morgan fingerprint density at radius 3 is 2.47 bits per heavy atom. The van der Waals surface area contributed by atoms with Gasteiger partial charge in [0, 0.05) is 13.1 Å². The zero-order chi connectivity index (χ0) is 21.3. The minimum absolute atomic E-state index is 0.0724. The third kappa shape index (κ3) is 4.10. The molecular weight excluding hydrogens is 412 g/mol. The summed E-state index contributed by atoms with van der Waals surface area (Å²) in [6, 6.07) is 12.2. The molecule has 0 spiro atoms. The molecule has 0 atom stereocenters. The van der Waals surface area contributed by atoms with E-state index < -0.39 is 0 Å². The normalized spacial score (nSPS) is 11.6. The maximum absolute atomic E-state index is 13.6. The van der Waals surface area contributed by atoms with E-state index in [1.54, 1.807) is 11.3 Å². The summed E-state index contributed by atoms with van der Waals surface area (Å²) in [7, 11) is 0. The van der Waals surface area contributed by atoms with Crippen LogP contribution in [0, 0.1) is 13.8 Å². The van der Waals surface area contributed by atoms with Crippen LogP contribution in [-0.2, 0) is 0 Å². The first-order valence-electron chi connectivity index (χ1n) is 10.3. The van der Waals surface area contributed by atoms with E-state index in [9.17, 15) is 4.79 Å². The fraction of sp³-hybridized carbons (Fsp3) is 0.348. The smallest absolute Gasteiger partial charge is 0.289 e. The number of fused-ring (bicyclic) bond motifs is 2. The molecule has 156 valence electrons. The number of aryl methyl sites for hydroxylation is 2. The van der Waals surface area contributed by atoms with Gasteiger partial charge in [0.15, 0.2) is 10.1 Å². The Bertz CT molecular complexity index is 1160. The minimum Gasteiger partial charge on any atom is -0.302 e. The highest BCUT2D eigenvalue weighted by Gasteiger charge is 2.25. The summed E-state index contributed by atoms with van der Waals surface area (Å²) in [6.45, 7) is 11.8.